The summed E-state index contributed by atoms with van der Waals surface area (Å²) in [6.07, 6.45) is 3.13. The van der Waals surface area contributed by atoms with Gasteiger partial charge >= 0.3 is 11.9 Å². The lowest BCUT2D eigenvalue weighted by atomic mass is 10.0. The van der Waals surface area contributed by atoms with Gasteiger partial charge in [-0.2, -0.15) is 5.10 Å². The van der Waals surface area contributed by atoms with E-state index in [1.807, 2.05) is 6.92 Å². The standard InChI is InChI=1S/C13H15N3O4/c1-3-8(2)20-13(19)11(12(17)18)9-4-5-10-14-7-15-16(10)6-9/h4-8,11H,3H2,1-2H3,(H,17,18). The Morgan fingerprint density at radius 1 is 1.45 bits per heavy atom. The number of esters is 1. The van der Waals surface area contributed by atoms with Gasteiger partial charge < -0.3 is 9.84 Å². The van der Waals surface area contributed by atoms with Crippen molar-refractivity contribution in [2.45, 2.75) is 32.3 Å². The summed E-state index contributed by atoms with van der Waals surface area (Å²) >= 11 is 0. The molecule has 20 heavy (non-hydrogen) atoms. The van der Waals surface area contributed by atoms with Crippen molar-refractivity contribution in [3.63, 3.8) is 0 Å². The number of carbonyl (C=O) groups excluding carboxylic acids is 1. The second kappa shape index (κ2) is 5.68. The average Bonchev–Trinajstić information content (AvgIpc) is 2.85. The lowest BCUT2D eigenvalue weighted by molar-refractivity contribution is -0.157. The van der Waals surface area contributed by atoms with Gasteiger partial charge in [0.2, 0.25) is 0 Å². The van der Waals surface area contributed by atoms with Crippen LogP contribution in [0.25, 0.3) is 5.65 Å². The van der Waals surface area contributed by atoms with Gasteiger partial charge in [0.05, 0.1) is 6.10 Å². The number of nitrogens with zero attached hydrogens (tertiary/aromatic N) is 3. The molecule has 7 nitrogen and oxygen atoms in total. The number of carbonyl (C=O) groups is 2. The Bertz CT molecular complexity index is 637. The maximum Gasteiger partial charge on any atom is 0.325 e. The molecule has 2 heterocycles. The molecule has 2 atom stereocenters. The van der Waals surface area contributed by atoms with Crippen molar-refractivity contribution in [1.29, 1.82) is 0 Å². The second-order valence-electron chi connectivity index (χ2n) is 4.45. The Balaban J connectivity index is 2.32. The number of hydrogen-bond acceptors (Lipinski definition) is 5. The Hall–Kier alpha value is -2.44. The molecule has 0 saturated heterocycles. The van der Waals surface area contributed by atoms with Crippen molar-refractivity contribution < 1.29 is 19.4 Å². The topological polar surface area (TPSA) is 93.8 Å². The van der Waals surface area contributed by atoms with Crippen LogP contribution in [0.3, 0.4) is 0 Å². The molecule has 2 aromatic rings. The summed E-state index contributed by atoms with van der Waals surface area (Å²) < 4.78 is 6.52. The van der Waals surface area contributed by atoms with Crippen molar-refractivity contribution in [3.05, 3.63) is 30.2 Å². The quantitative estimate of drug-likeness (QED) is 0.652. The lowest BCUT2D eigenvalue weighted by Gasteiger charge is -2.16. The normalized spacial score (nSPS) is 13.9. The Labute approximate surface area is 115 Å². The number of aromatic nitrogens is 3. The van der Waals surface area contributed by atoms with Crippen molar-refractivity contribution in [2.24, 2.45) is 0 Å². The van der Waals surface area contributed by atoms with Crippen LogP contribution in [0.5, 0.6) is 0 Å². The maximum atomic E-state index is 12.0. The first kappa shape index (κ1) is 14.0. The summed E-state index contributed by atoms with van der Waals surface area (Å²) in [6, 6.07) is 3.15. The number of ether oxygens (including phenoxy) is 1. The first-order chi connectivity index (χ1) is 9.52. The predicted molar refractivity (Wildman–Crippen MR) is 69.2 cm³/mol. The van der Waals surface area contributed by atoms with Crippen molar-refractivity contribution >= 4 is 17.6 Å². The maximum absolute atomic E-state index is 12.0. The fourth-order valence-electron chi connectivity index (χ4n) is 1.73. The molecule has 0 aliphatic heterocycles. The molecule has 0 spiro atoms. The predicted octanol–water partition coefficient (Wildman–Crippen LogP) is 1.24. The highest BCUT2D eigenvalue weighted by Gasteiger charge is 2.31. The van der Waals surface area contributed by atoms with Gasteiger partial charge in [0, 0.05) is 6.20 Å². The van der Waals surface area contributed by atoms with Crippen LogP contribution in [0.2, 0.25) is 0 Å². The monoisotopic (exact) mass is 277 g/mol. The van der Waals surface area contributed by atoms with E-state index in [2.05, 4.69) is 10.1 Å². The van der Waals surface area contributed by atoms with E-state index < -0.39 is 17.9 Å². The molecule has 0 amide bonds. The van der Waals surface area contributed by atoms with Crippen LogP contribution < -0.4 is 0 Å². The zero-order valence-electron chi connectivity index (χ0n) is 11.2. The van der Waals surface area contributed by atoms with E-state index in [0.717, 1.165) is 0 Å². The number of carboxylic acid groups (broad SMARTS) is 1. The van der Waals surface area contributed by atoms with Crippen LogP contribution in [-0.4, -0.2) is 37.7 Å². The van der Waals surface area contributed by atoms with Gasteiger partial charge in [0.1, 0.15) is 6.33 Å². The number of aliphatic carboxylic acids is 1. The molecule has 0 aliphatic carbocycles. The third-order valence-electron chi connectivity index (χ3n) is 3.01. The molecule has 0 fully saturated rings. The van der Waals surface area contributed by atoms with Gasteiger partial charge in [0.25, 0.3) is 0 Å². The molecule has 0 radical (unpaired) electrons. The van der Waals surface area contributed by atoms with Crippen LogP contribution in [0.1, 0.15) is 31.7 Å². The summed E-state index contributed by atoms with van der Waals surface area (Å²) in [6.45, 7) is 3.58. The van der Waals surface area contributed by atoms with E-state index in [1.165, 1.54) is 17.0 Å². The molecule has 0 bridgehead atoms. The third-order valence-corrected chi connectivity index (χ3v) is 3.01. The van der Waals surface area contributed by atoms with Crippen molar-refractivity contribution in [2.75, 3.05) is 0 Å². The van der Waals surface area contributed by atoms with E-state index in [9.17, 15) is 14.7 Å². The molecule has 2 aromatic heterocycles. The SMILES string of the molecule is CCC(C)OC(=O)C(C(=O)O)c1ccc2ncnn2c1. The molecule has 2 unspecified atom stereocenters. The summed E-state index contributed by atoms with van der Waals surface area (Å²) in [5, 5.41) is 13.2. The molecule has 106 valence electrons. The molecule has 0 aliphatic rings. The van der Waals surface area contributed by atoms with E-state index in [4.69, 9.17) is 4.74 Å². The summed E-state index contributed by atoms with van der Waals surface area (Å²) in [4.78, 5) is 27.3. The largest absolute Gasteiger partial charge is 0.480 e. The Kier molecular flexibility index (Phi) is 3.97. The first-order valence-corrected chi connectivity index (χ1v) is 6.25. The van der Waals surface area contributed by atoms with Crippen molar-refractivity contribution in [3.8, 4) is 0 Å². The van der Waals surface area contributed by atoms with Gasteiger partial charge in [-0.25, -0.2) is 9.50 Å². The van der Waals surface area contributed by atoms with E-state index in [0.29, 0.717) is 17.6 Å². The Morgan fingerprint density at radius 2 is 2.20 bits per heavy atom. The molecular formula is C13H15N3O4. The van der Waals surface area contributed by atoms with E-state index in [1.54, 1.807) is 19.1 Å². The second-order valence-corrected chi connectivity index (χ2v) is 4.45. The van der Waals surface area contributed by atoms with Gasteiger partial charge in [-0.1, -0.05) is 13.0 Å². The smallest absolute Gasteiger partial charge is 0.325 e. The Morgan fingerprint density at radius 3 is 2.85 bits per heavy atom. The third kappa shape index (κ3) is 2.76. The molecule has 0 saturated carbocycles. The van der Waals surface area contributed by atoms with E-state index in [-0.39, 0.29) is 6.10 Å². The fourth-order valence-corrected chi connectivity index (χ4v) is 1.73. The summed E-state index contributed by atoms with van der Waals surface area (Å²) in [5.74, 6) is -3.39. The number of carboxylic acids is 1. The van der Waals surface area contributed by atoms with Crippen LogP contribution in [0, 0.1) is 0 Å². The van der Waals surface area contributed by atoms with Crippen LogP contribution >= 0.6 is 0 Å². The zero-order valence-corrected chi connectivity index (χ0v) is 11.2. The number of hydrogen-bond donors (Lipinski definition) is 1. The number of rotatable bonds is 5. The highest BCUT2D eigenvalue weighted by atomic mass is 16.5. The molecular weight excluding hydrogens is 262 g/mol. The summed E-state index contributed by atoms with van der Waals surface area (Å²) in [5.41, 5.74) is 0.886. The van der Waals surface area contributed by atoms with Crippen LogP contribution in [0.4, 0.5) is 0 Å². The lowest BCUT2D eigenvalue weighted by Crippen LogP contribution is -2.27. The fraction of sp³-hybridized carbons (Fsp3) is 0.385. The van der Waals surface area contributed by atoms with Crippen molar-refractivity contribution in [1.82, 2.24) is 14.6 Å². The molecule has 1 N–H and O–H groups in total. The van der Waals surface area contributed by atoms with Gasteiger partial charge in [-0.05, 0) is 25.0 Å². The highest BCUT2D eigenvalue weighted by molar-refractivity contribution is 6.00. The van der Waals surface area contributed by atoms with E-state index >= 15 is 0 Å². The molecule has 0 aromatic carbocycles. The van der Waals surface area contributed by atoms with Gasteiger partial charge in [-0.15, -0.1) is 0 Å². The first-order valence-electron chi connectivity index (χ1n) is 6.25. The minimum Gasteiger partial charge on any atom is -0.480 e. The summed E-state index contributed by atoms with van der Waals surface area (Å²) in [7, 11) is 0. The van der Waals surface area contributed by atoms with Gasteiger partial charge in [0.15, 0.2) is 11.6 Å². The van der Waals surface area contributed by atoms with Crippen LogP contribution in [-0.2, 0) is 14.3 Å². The number of fused-ring (bicyclic) bond motifs is 1. The zero-order chi connectivity index (χ0) is 14.7. The molecule has 7 heteroatoms. The number of pyridine rings is 1. The highest BCUT2D eigenvalue weighted by Crippen LogP contribution is 2.19. The minimum absolute atomic E-state index is 0.309. The van der Waals surface area contributed by atoms with Gasteiger partial charge in [-0.3, -0.25) is 9.59 Å². The molecule has 2 rings (SSSR count). The minimum atomic E-state index is -1.36. The average molecular weight is 277 g/mol. The van der Waals surface area contributed by atoms with Crippen LogP contribution in [0.15, 0.2) is 24.7 Å².